The molecule has 2 aromatic carbocycles. The average molecular weight is 286 g/mol. The fraction of sp³-hybridized carbons (Fsp3) is 0. The van der Waals surface area contributed by atoms with Crippen LogP contribution in [0.1, 0.15) is 10.4 Å². The molecule has 0 fully saturated rings. The number of rotatable bonds is 2. The van der Waals surface area contributed by atoms with Gasteiger partial charge in [-0.2, -0.15) is 0 Å². The van der Waals surface area contributed by atoms with Gasteiger partial charge in [-0.15, -0.1) is 0 Å². The number of benzene rings is 2. The molecule has 0 saturated carbocycles. The number of nitrogens with one attached hydrogen (secondary N) is 1. The van der Waals surface area contributed by atoms with Crippen LogP contribution in [0, 0.1) is 17.5 Å². The molecule has 0 aliphatic heterocycles. The van der Waals surface area contributed by atoms with Crippen LogP contribution in [0.15, 0.2) is 36.4 Å². The molecule has 98 valence electrons. The van der Waals surface area contributed by atoms with Crippen LogP contribution in [-0.4, -0.2) is 5.91 Å². The molecule has 1 N–H and O–H groups in total. The molecule has 0 heterocycles. The second kappa shape index (κ2) is 5.32. The fourth-order valence-corrected chi connectivity index (χ4v) is 1.62. The summed E-state index contributed by atoms with van der Waals surface area (Å²) in [5, 5.41) is 2.11. The van der Waals surface area contributed by atoms with Gasteiger partial charge in [0.1, 0.15) is 17.5 Å². The third kappa shape index (κ3) is 3.06. The van der Waals surface area contributed by atoms with E-state index in [9.17, 15) is 18.0 Å². The second-order valence-electron chi connectivity index (χ2n) is 3.71. The van der Waals surface area contributed by atoms with Gasteiger partial charge in [0.05, 0.1) is 10.6 Å². The summed E-state index contributed by atoms with van der Waals surface area (Å²) in [5.74, 6) is -3.08. The van der Waals surface area contributed by atoms with Crippen LogP contribution in [0.4, 0.5) is 18.9 Å². The molecule has 0 radical (unpaired) electrons. The summed E-state index contributed by atoms with van der Waals surface area (Å²) in [4.78, 5) is 11.7. The minimum atomic E-state index is -0.855. The van der Waals surface area contributed by atoms with E-state index in [1.54, 1.807) is 0 Å². The topological polar surface area (TPSA) is 29.1 Å². The van der Waals surface area contributed by atoms with Crippen LogP contribution < -0.4 is 5.32 Å². The predicted octanol–water partition coefficient (Wildman–Crippen LogP) is 4.01. The van der Waals surface area contributed by atoms with Crippen LogP contribution in [-0.2, 0) is 0 Å². The highest BCUT2D eigenvalue weighted by atomic mass is 35.5. The molecule has 0 aliphatic carbocycles. The molecule has 2 aromatic rings. The van der Waals surface area contributed by atoms with Crippen molar-refractivity contribution in [3.05, 3.63) is 64.4 Å². The Morgan fingerprint density at radius 1 is 1.00 bits per heavy atom. The molecule has 1 amide bonds. The number of carbonyl (C=O) groups excluding carboxylic acids is 1. The van der Waals surface area contributed by atoms with Gasteiger partial charge in [0.15, 0.2) is 0 Å². The lowest BCUT2D eigenvalue weighted by Gasteiger charge is -2.07. The zero-order chi connectivity index (χ0) is 14.0. The largest absolute Gasteiger partial charge is 0.322 e. The van der Waals surface area contributed by atoms with E-state index < -0.39 is 28.9 Å². The Labute approximate surface area is 111 Å². The lowest BCUT2D eigenvalue weighted by molar-refractivity contribution is 0.102. The van der Waals surface area contributed by atoms with Gasteiger partial charge in [-0.1, -0.05) is 11.6 Å². The summed E-state index contributed by atoms with van der Waals surface area (Å²) in [6.07, 6.45) is 0. The highest BCUT2D eigenvalue weighted by Crippen LogP contribution is 2.20. The molecule has 0 saturated heterocycles. The van der Waals surface area contributed by atoms with E-state index >= 15 is 0 Å². The molecular formula is C13H7ClF3NO. The zero-order valence-electron chi connectivity index (χ0n) is 9.38. The molecule has 2 rings (SSSR count). The smallest absolute Gasteiger partial charge is 0.258 e. The number of hydrogen-bond donors (Lipinski definition) is 1. The Hall–Kier alpha value is -2.01. The van der Waals surface area contributed by atoms with Crippen molar-refractivity contribution in [2.45, 2.75) is 0 Å². The first-order valence-electron chi connectivity index (χ1n) is 5.19. The highest BCUT2D eigenvalue weighted by Gasteiger charge is 2.13. The highest BCUT2D eigenvalue weighted by molar-refractivity contribution is 6.31. The van der Waals surface area contributed by atoms with Crippen molar-refractivity contribution >= 4 is 23.2 Å². The first-order chi connectivity index (χ1) is 8.97. The normalized spacial score (nSPS) is 10.3. The summed E-state index contributed by atoms with van der Waals surface area (Å²) in [5.41, 5.74) is -0.263. The zero-order valence-corrected chi connectivity index (χ0v) is 10.1. The average Bonchev–Trinajstić information content (AvgIpc) is 2.36. The Balaban J connectivity index is 2.25. The molecular weight excluding hydrogens is 279 g/mol. The Kier molecular flexibility index (Phi) is 3.76. The van der Waals surface area contributed by atoms with Crippen molar-refractivity contribution in [2.24, 2.45) is 0 Å². The number of amides is 1. The molecule has 0 atom stereocenters. The SMILES string of the molecule is O=C(Nc1ccc(F)c(Cl)c1)c1cc(F)ccc1F. The van der Waals surface area contributed by atoms with Crippen molar-refractivity contribution in [2.75, 3.05) is 5.32 Å². The summed E-state index contributed by atoms with van der Waals surface area (Å²) in [6.45, 7) is 0. The van der Waals surface area contributed by atoms with Crippen molar-refractivity contribution < 1.29 is 18.0 Å². The van der Waals surface area contributed by atoms with Crippen molar-refractivity contribution in [1.82, 2.24) is 0 Å². The second-order valence-corrected chi connectivity index (χ2v) is 4.11. The van der Waals surface area contributed by atoms with Crippen LogP contribution in [0.5, 0.6) is 0 Å². The molecule has 2 nitrogen and oxygen atoms in total. The van der Waals surface area contributed by atoms with Gasteiger partial charge in [-0.3, -0.25) is 4.79 Å². The monoisotopic (exact) mass is 285 g/mol. The predicted molar refractivity (Wildman–Crippen MR) is 65.7 cm³/mol. The minimum Gasteiger partial charge on any atom is -0.322 e. The lowest BCUT2D eigenvalue weighted by Crippen LogP contribution is -2.14. The van der Waals surface area contributed by atoms with Crippen LogP contribution in [0.3, 0.4) is 0 Å². The molecule has 19 heavy (non-hydrogen) atoms. The van der Waals surface area contributed by atoms with E-state index in [0.717, 1.165) is 24.3 Å². The van der Waals surface area contributed by atoms with Gasteiger partial charge >= 0.3 is 0 Å². The summed E-state index contributed by atoms with van der Waals surface area (Å²) in [6, 6.07) is 6.01. The van der Waals surface area contributed by atoms with E-state index in [-0.39, 0.29) is 10.7 Å². The van der Waals surface area contributed by atoms with Gasteiger partial charge in [-0.25, -0.2) is 13.2 Å². The van der Waals surface area contributed by atoms with Crippen LogP contribution in [0.25, 0.3) is 0 Å². The maximum absolute atomic E-state index is 13.4. The third-order valence-electron chi connectivity index (χ3n) is 2.35. The van der Waals surface area contributed by atoms with Crippen LogP contribution >= 0.6 is 11.6 Å². The number of halogens is 4. The van der Waals surface area contributed by atoms with Crippen molar-refractivity contribution in [3.63, 3.8) is 0 Å². The quantitative estimate of drug-likeness (QED) is 0.887. The van der Waals surface area contributed by atoms with E-state index in [4.69, 9.17) is 11.6 Å². The number of anilines is 1. The Morgan fingerprint density at radius 3 is 2.37 bits per heavy atom. The molecule has 0 bridgehead atoms. The summed E-state index contributed by atoms with van der Waals surface area (Å²) >= 11 is 5.54. The van der Waals surface area contributed by atoms with Crippen LogP contribution in [0.2, 0.25) is 5.02 Å². The number of hydrogen-bond acceptors (Lipinski definition) is 1. The first kappa shape index (κ1) is 13.4. The minimum absolute atomic E-state index is 0.181. The van der Waals surface area contributed by atoms with Crippen molar-refractivity contribution in [1.29, 1.82) is 0 Å². The van der Waals surface area contributed by atoms with E-state index in [1.807, 2.05) is 0 Å². The lowest BCUT2D eigenvalue weighted by atomic mass is 10.2. The number of carbonyl (C=O) groups is 1. The Bertz CT molecular complexity index is 646. The maximum atomic E-state index is 13.4. The molecule has 0 aromatic heterocycles. The van der Waals surface area contributed by atoms with Gasteiger partial charge < -0.3 is 5.32 Å². The van der Waals surface area contributed by atoms with E-state index in [2.05, 4.69) is 5.32 Å². The first-order valence-corrected chi connectivity index (χ1v) is 5.56. The fourth-order valence-electron chi connectivity index (χ4n) is 1.44. The molecule has 6 heteroatoms. The van der Waals surface area contributed by atoms with Gasteiger partial charge in [0.25, 0.3) is 5.91 Å². The van der Waals surface area contributed by atoms with Gasteiger partial charge in [0, 0.05) is 5.69 Å². The van der Waals surface area contributed by atoms with E-state index in [0.29, 0.717) is 0 Å². The van der Waals surface area contributed by atoms with Gasteiger partial charge in [0.2, 0.25) is 0 Å². The molecule has 0 aliphatic rings. The maximum Gasteiger partial charge on any atom is 0.258 e. The standard InChI is InChI=1S/C13H7ClF3NO/c14-10-6-8(2-4-12(10)17)18-13(19)9-5-7(15)1-3-11(9)16/h1-6H,(H,18,19). The summed E-state index contributed by atoms with van der Waals surface area (Å²) < 4.78 is 39.2. The Morgan fingerprint density at radius 2 is 1.68 bits per heavy atom. The van der Waals surface area contributed by atoms with Gasteiger partial charge in [-0.05, 0) is 36.4 Å². The summed E-state index contributed by atoms with van der Waals surface area (Å²) in [7, 11) is 0. The molecule has 0 unspecified atom stereocenters. The third-order valence-corrected chi connectivity index (χ3v) is 2.64. The van der Waals surface area contributed by atoms with Crippen molar-refractivity contribution in [3.8, 4) is 0 Å². The molecule has 0 spiro atoms. The van der Waals surface area contributed by atoms with E-state index in [1.165, 1.54) is 12.1 Å².